The number of carboxylic acids is 1. The summed E-state index contributed by atoms with van der Waals surface area (Å²) < 4.78 is 0. The van der Waals surface area contributed by atoms with Crippen molar-refractivity contribution in [2.45, 2.75) is 26.3 Å². The Hall–Kier alpha value is -1.59. The van der Waals surface area contributed by atoms with Crippen LogP contribution in [0.2, 0.25) is 5.02 Å². The molecule has 1 aliphatic heterocycles. The first-order valence-electron chi connectivity index (χ1n) is 7.91. The van der Waals surface area contributed by atoms with E-state index in [-0.39, 0.29) is 18.2 Å². The van der Waals surface area contributed by atoms with E-state index in [4.69, 9.17) is 16.7 Å². The van der Waals surface area contributed by atoms with Gasteiger partial charge in [-0.1, -0.05) is 36.7 Å². The van der Waals surface area contributed by atoms with Gasteiger partial charge in [-0.2, -0.15) is 0 Å². The summed E-state index contributed by atoms with van der Waals surface area (Å²) >= 11 is 6.18. The Balaban J connectivity index is 1.78. The second-order valence-electron chi connectivity index (χ2n) is 6.16. The summed E-state index contributed by atoms with van der Waals surface area (Å²) in [5, 5.41) is 9.53. The third kappa shape index (κ3) is 5.52. The van der Waals surface area contributed by atoms with E-state index in [0.717, 1.165) is 30.2 Å². The summed E-state index contributed by atoms with van der Waals surface area (Å²) in [5.41, 5.74) is 1.10. The van der Waals surface area contributed by atoms with Gasteiger partial charge in [-0.3, -0.25) is 14.5 Å². The number of aliphatic carboxylic acids is 1. The number of carboxylic acid groups (broad SMARTS) is 1. The Morgan fingerprint density at radius 1 is 1.17 bits per heavy atom. The van der Waals surface area contributed by atoms with Gasteiger partial charge in [0.2, 0.25) is 5.91 Å². The van der Waals surface area contributed by atoms with Gasteiger partial charge in [0.05, 0.1) is 0 Å². The molecule has 2 rings (SSSR count). The molecule has 1 atom stereocenters. The molecule has 1 unspecified atom stereocenters. The van der Waals surface area contributed by atoms with Crippen LogP contribution in [0.4, 0.5) is 0 Å². The van der Waals surface area contributed by atoms with Gasteiger partial charge in [0.1, 0.15) is 0 Å². The summed E-state index contributed by atoms with van der Waals surface area (Å²) in [4.78, 5) is 27.0. The Bertz CT molecular complexity index is 557. The number of hydrogen-bond donors (Lipinski definition) is 1. The van der Waals surface area contributed by atoms with Crippen molar-refractivity contribution in [2.75, 3.05) is 26.2 Å². The van der Waals surface area contributed by atoms with E-state index in [9.17, 15) is 9.59 Å². The molecule has 1 heterocycles. The van der Waals surface area contributed by atoms with E-state index in [1.807, 2.05) is 29.2 Å². The maximum Gasteiger partial charge on any atom is 0.303 e. The average molecular weight is 339 g/mol. The lowest BCUT2D eigenvalue weighted by molar-refractivity contribution is -0.139. The lowest BCUT2D eigenvalue weighted by Gasteiger charge is -2.35. The minimum atomic E-state index is -0.852. The maximum absolute atomic E-state index is 12.2. The minimum absolute atomic E-state index is 0.0399. The molecule has 23 heavy (non-hydrogen) atoms. The quantitative estimate of drug-likeness (QED) is 0.865. The molecule has 0 radical (unpaired) electrons. The molecule has 0 aromatic heterocycles. The van der Waals surface area contributed by atoms with Crippen molar-refractivity contribution in [3.05, 3.63) is 34.9 Å². The van der Waals surface area contributed by atoms with Crippen LogP contribution in [0, 0.1) is 5.92 Å². The smallest absolute Gasteiger partial charge is 0.303 e. The number of piperazine rings is 1. The molecule has 0 spiro atoms. The third-order valence-electron chi connectivity index (χ3n) is 4.12. The molecule has 1 aromatic carbocycles. The Labute approximate surface area is 141 Å². The molecular weight excluding hydrogens is 316 g/mol. The van der Waals surface area contributed by atoms with Gasteiger partial charge in [-0.05, 0) is 17.5 Å². The molecule has 0 saturated carbocycles. The summed E-state index contributed by atoms with van der Waals surface area (Å²) in [6, 6.07) is 7.81. The highest BCUT2D eigenvalue weighted by Gasteiger charge is 2.23. The minimum Gasteiger partial charge on any atom is -0.481 e. The van der Waals surface area contributed by atoms with Crippen LogP contribution < -0.4 is 0 Å². The van der Waals surface area contributed by atoms with Crippen molar-refractivity contribution in [2.24, 2.45) is 5.92 Å². The maximum atomic E-state index is 12.2. The van der Waals surface area contributed by atoms with E-state index in [1.54, 1.807) is 6.92 Å². The second-order valence-corrected chi connectivity index (χ2v) is 6.56. The van der Waals surface area contributed by atoms with Gasteiger partial charge >= 0.3 is 5.97 Å². The summed E-state index contributed by atoms with van der Waals surface area (Å²) in [6.45, 7) is 5.58. The predicted molar refractivity (Wildman–Crippen MR) is 89.3 cm³/mol. The fraction of sp³-hybridized carbons (Fsp3) is 0.529. The summed E-state index contributed by atoms with van der Waals surface area (Å²) in [7, 11) is 0. The van der Waals surface area contributed by atoms with Gasteiger partial charge in [0, 0.05) is 50.6 Å². The highest BCUT2D eigenvalue weighted by atomic mass is 35.5. The van der Waals surface area contributed by atoms with Crippen LogP contribution in [-0.4, -0.2) is 53.0 Å². The molecule has 1 saturated heterocycles. The number of benzene rings is 1. The zero-order valence-corrected chi connectivity index (χ0v) is 14.1. The first-order chi connectivity index (χ1) is 11.0. The van der Waals surface area contributed by atoms with Crippen LogP contribution in [0.1, 0.15) is 25.3 Å². The zero-order valence-electron chi connectivity index (χ0n) is 13.4. The van der Waals surface area contributed by atoms with Gasteiger partial charge in [-0.25, -0.2) is 0 Å². The first kappa shape index (κ1) is 17.8. The van der Waals surface area contributed by atoms with Crippen LogP contribution in [0.3, 0.4) is 0 Å². The first-order valence-corrected chi connectivity index (χ1v) is 8.29. The van der Waals surface area contributed by atoms with Crippen LogP contribution >= 0.6 is 11.6 Å². The van der Waals surface area contributed by atoms with Crippen molar-refractivity contribution in [1.29, 1.82) is 0 Å². The van der Waals surface area contributed by atoms with E-state index >= 15 is 0 Å². The highest BCUT2D eigenvalue weighted by molar-refractivity contribution is 6.31. The molecule has 0 bridgehead atoms. The number of carbonyl (C=O) groups is 2. The van der Waals surface area contributed by atoms with Gasteiger partial charge in [0.15, 0.2) is 0 Å². The molecule has 126 valence electrons. The number of rotatable bonds is 6. The Morgan fingerprint density at radius 3 is 2.43 bits per heavy atom. The molecule has 6 heteroatoms. The number of nitrogens with zero attached hydrogens (tertiary/aromatic N) is 2. The lowest BCUT2D eigenvalue weighted by Crippen LogP contribution is -2.48. The molecule has 1 N–H and O–H groups in total. The van der Waals surface area contributed by atoms with E-state index < -0.39 is 5.97 Å². The number of halogens is 1. The summed E-state index contributed by atoms with van der Waals surface area (Å²) in [6.07, 6.45) is 0.342. The third-order valence-corrected chi connectivity index (χ3v) is 4.49. The van der Waals surface area contributed by atoms with Crippen molar-refractivity contribution >= 4 is 23.5 Å². The fourth-order valence-corrected chi connectivity index (χ4v) is 3.02. The highest BCUT2D eigenvalue weighted by Crippen LogP contribution is 2.18. The largest absolute Gasteiger partial charge is 0.481 e. The van der Waals surface area contributed by atoms with Gasteiger partial charge in [-0.15, -0.1) is 0 Å². The van der Waals surface area contributed by atoms with Crippen molar-refractivity contribution in [1.82, 2.24) is 9.80 Å². The fourth-order valence-electron chi connectivity index (χ4n) is 2.82. The zero-order chi connectivity index (χ0) is 16.8. The molecule has 1 fully saturated rings. The molecule has 1 amide bonds. The monoisotopic (exact) mass is 338 g/mol. The van der Waals surface area contributed by atoms with Crippen LogP contribution in [0.25, 0.3) is 0 Å². The van der Waals surface area contributed by atoms with Crippen LogP contribution in [0.5, 0.6) is 0 Å². The number of hydrogen-bond acceptors (Lipinski definition) is 3. The van der Waals surface area contributed by atoms with E-state index in [1.165, 1.54) is 0 Å². The van der Waals surface area contributed by atoms with Gasteiger partial charge in [0.25, 0.3) is 0 Å². The Kier molecular flexibility index (Phi) is 6.42. The predicted octanol–water partition coefficient (Wildman–Crippen LogP) is 2.49. The van der Waals surface area contributed by atoms with Crippen molar-refractivity contribution in [3.8, 4) is 0 Å². The van der Waals surface area contributed by atoms with Crippen LogP contribution in [0.15, 0.2) is 24.3 Å². The standard InChI is InChI=1S/C17H23ClN2O3/c1-13(11-17(22)23)10-16(21)20-8-6-19(7-9-20)12-14-4-2-3-5-15(14)18/h2-5,13H,6-12H2,1H3,(H,22,23). The second kappa shape index (κ2) is 8.31. The van der Waals surface area contributed by atoms with E-state index in [2.05, 4.69) is 4.90 Å². The van der Waals surface area contributed by atoms with E-state index in [0.29, 0.717) is 19.5 Å². The van der Waals surface area contributed by atoms with Crippen molar-refractivity contribution in [3.63, 3.8) is 0 Å². The molecular formula is C17H23ClN2O3. The lowest BCUT2D eigenvalue weighted by atomic mass is 10.0. The topological polar surface area (TPSA) is 60.9 Å². The SMILES string of the molecule is CC(CC(=O)O)CC(=O)N1CCN(Cc2ccccc2Cl)CC1. The van der Waals surface area contributed by atoms with Crippen LogP contribution in [-0.2, 0) is 16.1 Å². The van der Waals surface area contributed by atoms with Gasteiger partial charge < -0.3 is 10.0 Å². The molecule has 0 aliphatic carbocycles. The molecule has 1 aliphatic rings. The normalized spacial score (nSPS) is 17.0. The molecule has 1 aromatic rings. The summed E-state index contributed by atoms with van der Waals surface area (Å²) in [5.74, 6) is -0.924. The number of amides is 1. The molecule has 5 nitrogen and oxygen atoms in total. The Morgan fingerprint density at radius 2 is 1.83 bits per heavy atom. The van der Waals surface area contributed by atoms with Crippen molar-refractivity contribution < 1.29 is 14.7 Å². The number of carbonyl (C=O) groups excluding carboxylic acids is 1. The average Bonchev–Trinajstić information content (AvgIpc) is 2.49.